The molecule has 1 nitrogen and oxygen atoms in total. The van der Waals surface area contributed by atoms with Crippen LogP contribution >= 0.6 is 0 Å². The molecule has 1 aliphatic carbocycles. The van der Waals surface area contributed by atoms with Gasteiger partial charge in [0.25, 0.3) is 0 Å². The van der Waals surface area contributed by atoms with E-state index in [2.05, 4.69) is 11.2 Å². The van der Waals surface area contributed by atoms with Crippen LogP contribution in [0.1, 0.15) is 38.5 Å². The first-order valence-corrected chi connectivity index (χ1v) is 4.20. The molecule has 10 heavy (non-hydrogen) atoms. The number of allylic oxidation sites excluding steroid dienone is 2. The summed E-state index contributed by atoms with van der Waals surface area (Å²) in [5, 5.41) is 0. The Bertz CT molecular complexity index is 189. The Hall–Kier alpha value is -0.590. The third-order valence-corrected chi connectivity index (χ3v) is 2.36. The van der Waals surface area contributed by atoms with Crippen LogP contribution in [0.4, 0.5) is 0 Å². The van der Waals surface area contributed by atoms with Gasteiger partial charge in [0.2, 0.25) is 0 Å². The largest absolute Gasteiger partial charge is 0.266 e. The van der Waals surface area contributed by atoms with Gasteiger partial charge in [0.05, 0.1) is 0 Å². The number of aliphatic imine (C=N–C) groups is 1. The standard InChI is InChI=1S/C9H13N/c1-2-7-10-9-6-3-5-8(9)4-1/h7H,1-6H2. The maximum absolute atomic E-state index is 4.44. The van der Waals surface area contributed by atoms with Crippen LogP contribution in [0.5, 0.6) is 0 Å². The monoisotopic (exact) mass is 135 g/mol. The molecule has 0 saturated carbocycles. The van der Waals surface area contributed by atoms with Crippen LogP contribution < -0.4 is 0 Å². The highest BCUT2D eigenvalue weighted by atomic mass is 14.7. The number of hydrogen-bond donors (Lipinski definition) is 0. The molecule has 2 aliphatic rings. The predicted octanol–water partition coefficient (Wildman–Crippen LogP) is 2.68. The van der Waals surface area contributed by atoms with E-state index < -0.39 is 0 Å². The summed E-state index contributed by atoms with van der Waals surface area (Å²) in [6, 6.07) is 0. The van der Waals surface area contributed by atoms with Gasteiger partial charge in [-0.25, -0.2) is 0 Å². The lowest BCUT2D eigenvalue weighted by Gasteiger charge is -1.96. The second-order valence-corrected chi connectivity index (χ2v) is 3.11. The molecule has 0 aromatic carbocycles. The van der Waals surface area contributed by atoms with E-state index >= 15 is 0 Å². The van der Waals surface area contributed by atoms with E-state index in [-0.39, 0.29) is 0 Å². The molecular weight excluding hydrogens is 122 g/mol. The second-order valence-electron chi connectivity index (χ2n) is 3.11. The summed E-state index contributed by atoms with van der Waals surface area (Å²) in [6.45, 7) is 0. The van der Waals surface area contributed by atoms with E-state index in [0.29, 0.717) is 0 Å². The summed E-state index contributed by atoms with van der Waals surface area (Å²) in [5.41, 5.74) is 3.06. The number of nitrogens with zero attached hydrogens (tertiary/aromatic N) is 1. The molecule has 0 amide bonds. The highest BCUT2D eigenvalue weighted by Gasteiger charge is 2.14. The molecule has 0 bridgehead atoms. The maximum atomic E-state index is 4.44. The van der Waals surface area contributed by atoms with Crippen molar-refractivity contribution in [2.24, 2.45) is 4.99 Å². The van der Waals surface area contributed by atoms with Gasteiger partial charge in [-0.2, -0.15) is 0 Å². The van der Waals surface area contributed by atoms with E-state index in [4.69, 9.17) is 0 Å². The van der Waals surface area contributed by atoms with Crippen molar-refractivity contribution in [2.45, 2.75) is 38.5 Å². The highest BCUT2D eigenvalue weighted by molar-refractivity contribution is 5.60. The van der Waals surface area contributed by atoms with E-state index in [9.17, 15) is 0 Å². The number of rotatable bonds is 0. The molecule has 0 atom stereocenters. The molecule has 0 unspecified atom stereocenters. The lowest BCUT2D eigenvalue weighted by Crippen LogP contribution is -1.78. The Morgan fingerprint density at radius 1 is 1.10 bits per heavy atom. The minimum Gasteiger partial charge on any atom is -0.266 e. The second kappa shape index (κ2) is 2.57. The van der Waals surface area contributed by atoms with Crippen molar-refractivity contribution in [3.8, 4) is 0 Å². The minimum atomic E-state index is 1.19. The summed E-state index contributed by atoms with van der Waals surface area (Å²) in [7, 11) is 0. The van der Waals surface area contributed by atoms with Crippen LogP contribution in [0.2, 0.25) is 0 Å². The van der Waals surface area contributed by atoms with E-state index in [1.807, 2.05) is 0 Å². The highest BCUT2D eigenvalue weighted by Crippen LogP contribution is 2.31. The summed E-state index contributed by atoms with van der Waals surface area (Å²) < 4.78 is 0. The molecule has 1 aliphatic heterocycles. The van der Waals surface area contributed by atoms with Gasteiger partial charge in [-0.05, 0) is 44.1 Å². The molecule has 0 saturated heterocycles. The lowest BCUT2D eigenvalue weighted by atomic mass is 10.1. The molecule has 0 radical (unpaired) electrons. The molecule has 54 valence electrons. The molecule has 0 aromatic rings. The van der Waals surface area contributed by atoms with Crippen molar-refractivity contribution in [3.63, 3.8) is 0 Å². The summed E-state index contributed by atoms with van der Waals surface area (Å²) in [6.07, 6.45) is 9.83. The summed E-state index contributed by atoms with van der Waals surface area (Å²) in [4.78, 5) is 4.44. The zero-order valence-corrected chi connectivity index (χ0v) is 6.27. The first kappa shape index (κ1) is 6.14. The van der Waals surface area contributed by atoms with Crippen LogP contribution in [0.25, 0.3) is 0 Å². The predicted molar refractivity (Wildman–Crippen MR) is 43.2 cm³/mol. The van der Waals surface area contributed by atoms with Gasteiger partial charge < -0.3 is 0 Å². The molecular formula is C9H13N. The average Bonchev–Trinajstić information content (AvgIpc) is 2.28. The zero-order chi connectivity index (χ0) is 6.81. The first-order chi connectivity index (χ1) is 4.97. The quantitative estimate of drug-likeness (QED) is 0.484. The van der Waals surface area contributed by atoms with Gasteiger partial charge in [0, 0.05) is 11.9 Å². The summed E-state index contributed by atoms with van der Waals surface area (Å²) in [5.74, 6) is 0. The third kappa shape index (κ3) is 1.00. The SMILES string of the molecule is C1=NC2=C(CCC1)CCC2. The Morgan fingerprint density at radius 2 is 2.00 bits per heavy atom. The van der Waals surface area contributed by atoms with Crippen molar-refractivity contribution in [1.82, 2.24) is 0 Å². The maximum Gasteiger partial charge on any atom is 0.0391 e. The van der Waals surface area contributed by atoms with Gasteiger partial charge in [-0.3, -0.25) is 4.99 Å². The van der Waals surface area contributed by atoms with Crippen LogP contribution in [0.15, 0.2) is 16.3 Å². The fourth-order valence-electron chi connectivity index (χ4n) is 1.80. The van der Waals surface area contributed by atoms with Crippen LogP contribution in [-0.2, 0) is 0 Å². The number of hydrogen-bond acceptors (Lipinski definition) is 1. The fraction of sp³-hybridized carbons (Fsp3) is 0.667. The van der Waals surface area contributed by atoms with Crippen molar-refractivity contribution >= 4 is 6.21 Å². The van der Waals surface area contributed by atoms with Crippen LogP contribution in [0.3, 0.4) is 0 Å². The Kier molecular flexibility index (Phi) is 1.58. The van der Waals surface area contributed by atoms with Gasteiger partial charge in [0.1, 0.15) is 0 Å². The molecule has 1 heteroatoms. The Balaban J connectivity index is 2.22. The van der Waals surface area contributed by atoms with Gasteiger partial charge in [0.15, 0.2) is 0 Å². The topological polar surface area (TPSA) is 12.4 Å². The van der Waals surface area contributed by atoms with Crippen LogP contribution in [0, 0.1) is 0 Å². The zero-order valence-electron chi connectivity index (χ0n) is 6.27. The lowest BCUT2D eigenvalue weighted by molar-refractivity contribution is 0.808. The van der Waals surface area contributed by atoms with Gasteiger partial charge in [-0.15, -0.1) is 0 Å². The van der Waals surface area contributed by atoms with Crippen molar-refractivity contribution in [1.29, 1.82) is 0 Å². The third-order valence-electron chi connectivity index (χ3n) is 2.36. The van der Waals surface area contributed by atoms with Gasteiger partial charge in [-0.1, -0.05) is 0 Å². The molecule has 0 aromatic heterocycles. The molecule has 0 N–H and O–H groups in total. The Labute approximate surface area is 61.9 Å². The van der Waals surface area contributed by atoms with E-state index in [1.54, 1.807) is 5.57 Å². The van der Waals surface area contributed by atoms with Gasteiger partial charge >= 0.3 is 0 Å². The first-order valence-electron chi connectivity index (χ1n) is 4.20. The molecule has 1 heterocycles. The summed E-state index contributed by atoms with van der Waals surface area (Å²) >= 11 is 0. The minimum absolute atomic E-state index is 1.19. The van der Waals surface area contributed by atoms with E-state index in [0.717, 1.165) is 0 Å². The van der Waals surface area contributed by atoms with Crippen LogP contribution in [-0.4, -0.2) is 6.21 Å². The van der Waals surface area contributed by atoms with Crippen molar-refractivity contribution in [2.75, 3.05) is 0 Å². The molecule has 0 fully saturated rings. The van der Waals surface area contributed by atoms with Crippen molar-refractivity contribution in [3.05, 3.63) is 11.3 Å². The fourth-order valence-corrected chi connectivity index (χ4v) is 1.80. The molecule has 2 rings (SSSR count). The normalized spacial score (nSPS) is 24.8. The van der Waals surface area contributed by atoms with E-state index in [1.165, 1.54) is 44.2 Å². The molecule has 0 spiro atoms. The average molecular weight is 135 g/mol. The smallest absolute Gasteiger partial charge is 0.0391 e. The van der Waals surface area contributed by atoms with Crippen molar-refractivity contribution < 1.29 is 0 Å². The Morgan fingerprint density at radius 3 is 3.00 bits per heavy atom.